The van der Waals surface area contributed by atoms with E-state index in [2.05, 4.69) is 75.7 Å². The highest BCUT2D eigenvalue weighted by molar-refractivity contribution is 5.42. The SMILES string of the molecule is CCCCn1nc(CC(C)C)nc1Cc1ccc(C2(c3nn[nH]n3)C=CC=CN2)cc1. The van der Waals surface area contributed by atoms with Crippen LogP contribution in [0.3, 0.4) is 0 Å². The van der Waals surface area contributed by atoms with Gasteiger partial charge >= 0.3 is 0 Å². The van der Waals surface area contributed by atoms with Crippen molar-refractivity contribution in [3.05, 3.63) is 77.3 Å². The number of H-pyrrole nitrogens is 1. The van der Waals surface area contributed by atoms with Crippen LogP contribution in [0.2, 0.25) is 0 Å². The van der Waals surface area contributed by atoms with Gasteiger partial charge in [0.1, 0.15) is 11.4 Å². The third-order valence-corrected chi connectivity index (χ3v) is 5.44. The predicted molar refractivity (Wildman–Crippen MR) is 119 cm³/mol. The van der Waals surface area contributed by atoms with Crippen molar-refractivity contribution in [1.82, 2.24) is 40.7 Å². The van der Waals surface area contributed by atoms with Crippen LogP contribution in [0, 0.1) is 5.92 Å². The molecule has 4 rings (SSSR count). The normalized spacial score (nSPS) is 17.9. The highest BCUT2D eigenvalue weighted by Gasteiger charge is 2.35. The molecule has 0 aliphatic carbocycles. The van der Waals surface area contributed by atoms with Gasteiger partial charge in [0.05, 0.1) is 0 Å². The summed E-state index contributed by atoms with van der Waals surface area (Å²) in [6.07, 6.45) is 11.8. The van der Waals surface area contributed by atoms with Gasteiger partial charge in [-0.05, 0) is 41.8 Å². The number of hydrogen-bond donors (Lipinski definition) is 2. The molecule has 162 valence electrons. The second-order valence-electron chi connectivity index (χ2n) is 8.40. The third kappa shape index (κ3) is 4.57. The number of benzene rings is 1. The zero-order chi connectivity index (χ0) is 21.7. The first-order valence-electron chi connectivity index (χ1n) is 11.0. The summed E-state index contributed by atoms with van der Waals surface area (Å²) in [5, 5.41) is 22.9. The van der Waals surface area contributed by atoms with E-state index in [1.807, 2.05) is 24.4 Å². The number of hydrogen-bond acceptors (Lipinski definition) is 6. The van der Waals surface area contributed by atoms with E-state index in [9.17, 15) is 0 Å². The second kappa shape index (κ2) is 9.24. The van der Waals surface area contributed by atoms with Gasteiger partial charge in [0.25, 0.3) is 0 Å². The van der Waals surface area contributed by atoms with E-state index in [0.717, 1.165) is 49.4 Å². The molecule has 0 spiro atoms. The van der Waals surface area contributed by atoms with Gasteiger partial charge in [0, 0.05) is 19.4 Å². The number of aryl methyl sites for hydroxylation is 1. The van der Waals surface area contributed by atoms with Crippen LogP contribution in [0.4, 0.5) is 0 Å². The second-order valence-corrected chi connectivity index (χ2v) is 8.40. The molecule has 3 aromatic rings. The Kier molecular flexibility index (Phi) is 6.25. The molecule has 1 unspecified atom stereocenters. The molecule has 2 aromatic heterocycles. The lowest BCUT2D eigenvalue weighted by Crippen LogP contribution is -2.40. The molecule has 1 aromatic carbocycles. The molecule has 2 N–H and O–H groups in total. The zero-order valence-electron chi connectivity index (χ0n) is 18.4. The van der Waals surface area contributed by atoms with Gasteiger partial charge in [-0.1, -0.05) is 62.7 Å². The molecule has 8 nitrogen and oxygen atoms in total. The summed E-state index contributed by atoms with van der Waals surface area (Å²) in [5.74, 6) is 3.10. The van der Waals surface area contributed by atoms with Gasteiger partial charge < -0.3 is 5.32 Å². The Balaban J connectivity index is 1.58. The van der Waals surface area contributed by atoms with Crippen molar-refractivity contribution in [2.24, 2.45) is 5.92 Å². The molecular formula is C23H30N8. The van der Waals surface area contributed by atoms with E-state index in [1.54, 1.807) is 0 Å². The molecule has 0 fully saturated rings. The van der Waals surface area contributed by atoms with Gasteiger partial charge in [-0.2, -0.15) is 10.3 Å². The topological polar surface area (TPSA) is 97.2 Å². The molecule has 1 atom stereocenters. The van der Waals surface area contributed by atoms with Crippen LogP contribution in [0.1, 0.15) is 62.2 Å². The van der Waals surface area contributed by atoms with Gasteiger partial charge in [-0.25, -0.2) is 9.67 Å². The van der Waals surface area contributed by atoms with E-state index in [1.165, 1.54) is 5.56 Å². The summed E-state index contributed by atoms with van der Waals surface area (Å²) in [6, 6.07) is 8.52. The van der Waals surface area contributed by atoms with Crippen molar-refractivity contribution >= 4 is 0 Å². The van der Waals surface area contributed by atoms with Crippen molar-refractivity contribution in [3.8, 4) is 0 Å². The van der Waals surface area contributed by atoms with Crippen LogP contribution in [0.15, 0.2) is 48.7 Å². The van der Waals surface area contributed by atoms with Crippen molar-refractivity contribution in [2.45, 2.75) is 58.5 Å². The van der Waals surface area contributed by atoms with Crippen LogP contribution in [0.25, 0.3) is 0 Å². The molecular weight excluding hydrogens is 388 g/mol. The standard InChI is InChI=1S/C23H30N8/c1-4-5-14-31-21(25-20(28-31)15-17(2)3)16-18-8-10-19(11-9-18)23(12-6-7-13-24-23)22-26-29-30-27-22/h6-13,17,24H,4-5,14-16H2,1-3H3,(H,26,27,29,30). The Morgan fingerprint density at radius 1 is 1.13 bits per heavy atom. The van der Waals surface area contributed by atoms with Crippen molar-refractivity contribution < 1.29 is 0 Å². The molecule has 1 aliphatic rings. The molecule has 0 saturated carbocycles. The number of allylic oxidation sites excluding steroid dienone is 2. The largest absolute Gasteiger partial charge is 0.372 e. The van der Waals surface area contributed by atoms with Gasteiger partial charge in [-0.3, -0.25) is 0 Å². The summed E-state index contributed by atoms with van der Waals surface area (Å²) < 4.78 is 2.09. The van der Waals surface area contributed by atoms with Crippen molar-refractivity contribution in [1.29, 1.82) is 0 Å². The fourth-order valence-electron chi connectivity index (χ4n) is 3.82. The van der Waals surface area contributed by atoms with E-state index in [0.29, 0.717) is 11.7 Å². The first-order chi connectivity index (χ1) is 15.1. The smallest absolute Gasteiger partial charge is 0.208 e. The Hall–Kier alpha value is -3.29. The number of tetrazole rings is 1. The monoisotopic (exact) mass is 418 g/mol. The third-order valence-electron chi connectivity index (χ3n) is 5.44. The average molecular weight is 419 g/mol. The van der Waals surface area contributed by atoms with Gasteiger partial charge in [0.15, 0.2) is 5.82 Å². The first-order valence-corrected chi connectivity index (χ1v) is 11.0. The van der Waals surface area contributed by atoms with Crippen LogP contribution >= 0.6 is 0 Å². The molecule has 0 amide bonds. The minimum absolute atomic E-state index is 0.542. The highest BCUT2D eigenvalue weighted by Crippen LogP contribution is 2.30. The summed E-state index contributed by atoms with van der Waals surface area (Å²) in [7, 11) is 0. The Labute approximate surface area is 182 Å². The summed E-state index contributed by atoms with van der Waals surface area (Å²) in [6.45, 7) is 7.52. The first kappa shape index (κ1) is 21.0. The molecule has 3 heterocycles. The highest BCUT2D eigenvalue weighted by atomic mass is 15.5. The van der Waals surface area contributed by atoms with E-state index in [4.69, 9.17) is 10.1 Å². The maximum Gasteiger partial charge on any atom is 0.208 e. The maximum absolute atomic E-state index is 4.85. The van der Waals surface area contributed by atoms with Gasteiger partial charge in [0.2, 0.25) is 5.82 Å². The number of aromatic nitrogens is 7. The van der Waals surface area contributed by atoms with Crippen molar-refractivity contribution in [3.63, 3.8) is 0 Å². The zero-order valence-corrected chi connectivity index (χ0v) is 18.4. The maximum atomic E-state index is 4.85. The number of aromatic amines is 1. The number of nitrogens with zero attached hydrogens (tertiary/aromatic N) is 6. The summed E-state index contributed by atoms with van der Waals surface area (Å²) in [5.41, 5.74) is 1.61. The lowest BCUT2D eigenvalue weighted by atomic mass is 9.86. The Morgan fingerprint density at radius 3 is 2.61 bits per heavy atom. The van der Waals surface area contributed by atoms with Crippen LogP contribution in [0.5, 0.6) is 0 Å². The van der Waals surface area contributed by atoms with Crippen LogP contribution in [-0.4, -0.2) is 35.4 Å². The van der Waals surface area contributed by atoms with Crippen LogP contribution < -0.4 is 5.32 Å². The van der Waals surface area contributed by atoms with E-state index < -0.39 is 5.54 Å². The molecule has 0 radical (unpaired) electrons. The Bertz CT molecular complexity index is 1030. The Morgan fingerprint density at radius 2 is 1.97 bits per heavy atom. The number of unbranched alkanes of at least 4 members (excludes halogenated alkanes) is 1. The van der Waals surface area contributed by atoms with E-state index >= 15 is 0 Å². The minimum Gasteiger partial charge on any atom is -0.372 e. The lowest BCUT2D eigenvalue weighted by Gasteiger charge is -2.30. The fourth-order valence-corrected chi connectivity index (χ4v) is 3.82. The number of rotatable bonds is 9. The number of dihydropyridines is 1. The quantitative estimate of drug-likeness (QED) is 0.553. The fraction of sp³-hybridized carbons (Fsp3) is 0.435. The minimum atomic E-state index is -0.633. The number of nitrogens with one attached hydrogen (secondary N) is 2. The summed E-state index contributed by atoms with van der Waals surface area (Å²) in [4.78, 5) is 4.85. The average Bonchev–Trinajstić information content (AvgIpc) is 3.44. The summed E-state index contributed by atoms with van der Waals surface area (Å²) >= 11 is 0. The van der Waals surface area contributed by atoms with Crippen LogP contribution in [-0.2, 0) is 24.9 Å². The van der Waals surface area contributed by atoms with E-state index in [-0.39, 0.29) is 0 Å². The lowest BCUT2D eigenvalue weighted by molar-refractivity contribution is 0.529. The van der Waals surface area contributed by atoms with Gasteiger partial charge in [-0.15, -0.1) is 10.2 Å². The predicted octanol–water partition coefficient (Wildman–Crippen LogP) is 3.30. The molecule has 31 heavy (non-hydrogen) atoms. The molecule has 1 aliphatic heterocycles. The van der Waals surface area contributed by atoms with Crippen molar-refractivity contribution in [2.75, 3.05) is 0 Å². The molecule has 0 bridgehead atoms. The molecule has 0 saturated heterocycles. The molecule has 8 heteroatoms.